The van der Waals surface area contributed by atoms with E-state index >= 15 is 0 Å². The van der Waals surface area contributed by atoms with E-state index in [1.807, 2.05) is 20.8 Å². The molecule has 0 aliphatic heterocycles. The van der Waals surface area contributed by atoms with E-state index in [0.29, 0.717) is 0 Å². The van der Waals surface area contributed by atoms with E-state index in [1.54, 1.807) is 0 Å². The van der Waals surface area contributed by atoms with Gasteiger partial charge < -0.3 is 15.4 Å². The lowest BCUT2D eigenvalue weighted by atomic mass is 10.1. The molecule has 1 aromatic carbocycles. The largest absolute Gasteiger partial charge is 0.494 e. The minimum atomic E-state index is -1.56. The van der Waals surface area contributed by atoms with Gasteiger partial charge in [0.2, 0.25) is 0 Å². The Balaban J connectivity index is 2.34. The summed E-state index contributed by atoms with van der Waals surface area (Å²) < 4.78 is 44.7. The van der Waals surface area contributed by atoms with Crippen molar-refractivity contribution in [2.75, 3.05) is 12.4 Å². The molecule has 0 aliphatic carbocycles. The number of anilines is 2. The smallest absolute Gasteiger partial charge is 0.274 e. The van der Waals surface area contributed by atoms with Gasteiger partial charge in [-0.2, -0.15) is 0 Å². The molecule has 0 atom stereocenters. The maximum Gasteiger partial charge on any atom is 0.274 e. The third kappa shape index (κ3) is 4.62. The first kappa shape index (κ1) is 18.6. The molecule has 25 heavy (non-hydrogen) atoms. The van der Waals surface area contributed by atoms with Crippen LogP contribution in [-0.4, -0.2) is 23.5 Å². The number of rotatable bonds is 4. The van der Waals surface area contributed by atoms with E-state index in [2.05, 4.69) is 15.6 Å². The Hall–Kier alpha value is -2.77. The Morgan fingerprint density at radius 1 is 1.12 bits per heavy atom. The number of nitrogens with zero attached hydrogens (tertiary/aromatic N) is 1. The van der Waals surface area contributed by atoms with Crippen molar-refractivity contribution in [3.8, 4) is 5.75 Å². The van der Waals surface area contributed by atoms with E-state index < -0.39 is 28.9 Å². The number of aromatic nitrogens is 1. The van der Waals surface area contributed by atoms with Crippen molar-refractivity contribution in [2.24, 2.45) is 0 Å². The van der Waals surface area contributed by atoms with Crippen molar-refractivity contribution in [3.05, 3.63) is 47.4 Å². The second-order valence-corrected chi connectivity index (χ2v) is 6.33. The molecule has 134 valence electrons. The van der Waals surface area contributed by atoms with Gasteiger partial charge in [-0.3, -0.25) is 4.79 Å². The fraction of sp³-hybridized carbons (Fsp3) is 0.294. The summed E-state index contributed by atoms with van der Waals surface area (Å²) >= 11 is 0. The van der Waals surface area contributed by atoms with Crippen molar-refractivity contribution >= 4 is 17.4 Å². The van der Waals surface area contributed by atoms with Crippen molar-refractivity contribution in [2.45, 2.75) is 26.3 Å². The summed E-state index contributed by atoms with van der Waals surface area (Å²) in [5.41, 5.74) is -0.530. The molecule has 8 heteroatoms. The normalized spacial score (nSPS) is 11.2. The van der Waals surface area contributed by atoms with Gasteiger partial charge in [0.15, 0.2) is 23.1 Å². The summed E-state index contributed by atoms with van der Waals surface area (Å²) in [5, 5.41) is 5.38. The Morgan fingerprint density at radius 2 is 1.72 bits per heavy atom. The minimum Gasteiger partial charge on any atom is -0.494 e. The molecule has 0 radical (unpaired) electrons. The molecule has 0 saturated carbocycles. The third-order valence-electron chi connectivity index (χ3n) is 3.04. The number of methoxy groups -OCH3 is 1. The summed E-state index contributed by atoms with van der Waals surface area (Å²) in [4.78, 5) is 16.5. The highest BCUT2D eigenvalue weighted by Gasteiger charge is 2.21. The summed E-state index contributed by atoms with van der Waals surface area (Å²) in [6.07, 6.45) is 0. The molecule has 1 heterocycles. The van der Waals surface area contributed by atoms with Gasteiger partial charge in [0.05, 0.1) is 7.11 Å². The highest BCUT2D eigenvalue weighted by atomic mass is 19.2. The van der Waals surface area contributed by atoms with Crippen LogP contribution in [0.25, 0.3) is 0 Å². The van der Waals surface area contributed by atoms with Crippen LogP contribution in [0.1, 0.15) is 31.3 Å². The number of nitrogens with one attached hydrogen (secondary N) is 2. The van der Waals surface area contributed by atoms with E-state index in [1.165, 1.54) is 19.2 Å². The molecule has 5 nitrogen and oxygen atoms in total. The maximum atomic E-state index is 13.3. The first-order valence-corrected chi connectivity index (χ1v) is 7.40. The SMILES string of the molecule is COc1ccc(Nc2cc(F)c(F)c(F)c2)nc1C(=O)NC(C)(C)C. The van der Waals surface area contributed by atoms with Crippen molar-refractivity contribution < 1.29 is 22.7 Å². The van der Waals surface area contributed by atoms with Crippen molar-refractivity contribution in [1.29, 1.82) is 0 Å². The molecule has 1 amide bonds. The van der Waals surface area contributed by atoms with Crippen LogP contribution in [0.3, 0.4) is 0 Å². The molecular weight excluding hydrogens is 335 g/mol. The number of hydrogen-bond donors (Lipinski definition) is 2. The number of pyridine rings is 1. The summed E-state index contributed by atoms with van der Waals surface area (Å²) in [5.74, 6) is -4.31. The molecule has 0 aliphatic rings. The molecule has 2 aromatic rings. The zero-order valence-corrected chi connectivity index (χ0v) is 14.2. The summed E-state index contributed by atoms with van der Waals surface area (Å²) in [7, 11) is 1.39. The van der Waals surface area contributed by atoms with E-state index in [9.17, 15) is 18.0 Å². The molecule has 0 saturated heterocycles. The zero-order chi connectivity index (χ0) is 18.8. The van der Waals surface area contributed by atoms with Crippen LogP contribution in [0.2, 0.25) is 0 Å². The fourth-order valence-electron chi connectivity index (χ4n) is 2.02. The monoisotopic (exact) mass is 353 g/mol. The number of carbonyl (C=O) groups excluding carboxylic acids is 1. The molecule has 0 bridgehead atoms. The maximum absolute atomic E-state index is 13.3. The predicted molar refractivity (Wildman–Crippen MR) is 87.6 cm³/mol. The van der Waals surface area contributed by atoms with E-state index in [0.717, 1.165) is 12.1 Å². The minimum absolute atomic E-state index is 0.00507. The molecule has 0 unspecified atom stereocenters. The van der Waals surface area contributed by atoms with Crippen LogP contribution in [0.5, 0.6) is 5.75 Å². The number of hydrogen-bond acceptors (Lipinski definition) is 4. The standard InChI is InChI=1S/C17H18F3N3O2/c1-17(2,3)23-16(24)15-12(25-4)5-6-13(22-15)21-9-7-10(18)14(20)11(19)8-9/h5-8H,1-4H3,(H,21,22)(H,23,24). The third-order valence-corrected chi connectivity index (χ3v) is 3.04. The second kappa shape index (κ2) is 7.00. The van der Waals surface area contributed by atoms with E-state index in [4.69, 9.17) is 4.74 Å². The van der Waals surface area contributed by atoms with E-state index in [-0.39, 0.29) is 22.9 Å². The first-order valence-electron chi connectivity index (χ1n) is 7.40. The number of amides is 1. The quantitative estimate of drug-likeness (QED) is 0.821. The van der Waals surface area contributed by atoms with Crippen LogP contribution in [0.4, 0.5) is 24.7 Å². The molecule has 0 fully saturated rings. The Morgan fingerprint density at radius 3 is 2.24 bits per heavy atom. The van der Waals surface area contributed by atoms with Crippen LogP contribution >= 0.6 is 0 Å². The Kier molecular flexibility index (Phi) is 5.20. The highest BCUT2D eigenvalue weighted by molar-refractivity contribution is 5.95. The van der Waals surface area contributed by atoms with Gasteiger partial charge in [0.25, 0.3) is 5.91 Å². The lowest BCUT2D eigenvalue weighted by Gasteiger charge is -2.21. The lowest BCUT2D eigenvalue weighted by Crippen LogP contribution is -2.41. The van der Waals surface area contributed by atoms with Crippen LogP contribution in [0.15, 0.2) is 24.3 Å². The average molecular weight is 353 g/mol. The topological polar surface area (TPSA) is 63.2 Å². The van der Waals surface area contributed by atoms with Crippen LogP contribution in [-0.2, 0) is 0 Å². The number of benzene rings is 1. The Bertz CT molecular complexity index is 781. The molecular formula is C17H18F3N3O2. The van der Waals surface area contributed by atoms with Gasteiger partial charge in [-0.1, -0.05) is 0 Å². The first-order chi connectivity index (χ1) is 11.6. The van der Waals surface area contributed by atoms with Gasteiger partial charge >= 0.3 is 0 Å². The predicted octanol–water partition coefficient (Wildman–Crippen LogP) is 3.78. The average Bonchev–Trinajstić information content (AvgIpc) is 2.50. The van der Waals surface area contributed by atoms with Gasteiger partial charge in [-0.25, -0.2) is 18.2 Å². The van der Waals surface area contributed by atoms with Gasteiger partial charge in [0, 0.05) is 23.4 Å². The lowest BCUT2D eigenvalue weighted by molar-refractivity contribution is 0.0911. The van der Waals surface area contributed by atoms with Crippen molar-refractivity contribution in [3.63, 3.8) is 0 Å². The molecule has 1 aromatic heterocycles. The molecule has 2 rings (SSSR count). The molecule has 0 spiro atoms. The zero-order valence-electron chi connectivity index (χ0n) is 14.2. The van der Waals surface area contributed by atoms with Crippen molar-refractivity contribution in [1.82, 2.24) is 10.3 Å². The number of ether oxygens (including phenoxy) is 1. The highest BCUT2D eigenvalue weighted by Crippen LogP contribution is 2.24. The van der Waals surface area contributed by atoms with Gasteiger partial charge in [-0.05, 0) is 32.9 Å². The van der Waals surface area contributed by atoms with Gasteiger partial charge in [-0.15, -0.1) is 0 Å². The summed E-state index contributed by atoms with van der Waals surface area (Å²) in [6.45, 7) is 5.43. The number of halogens is 3. The second-order valence-electron chi connectivity index (χ2n) is 6.33. The summed E-state index contributed by atoms with van der Waals surface area (Å²) in [6, 6.07) is 4.54. The fourth-order valence-corrected chi connectivity index (χ4v) is 2.02. The Labute approximate surface area is 143 Å². The van der Waals surface area contributed by atoms with Crippen LogP contribution < -0.4 is 15.4 Å². The van der Waals surface area contributed by atoms with Crippen LogP contribution in [0, 0.1) is 17.5 Å². The molecule has 2 N–H and O–H groups in total. The number of carbonyl (C=O) groups is 1. The van der Waals surface area contributed by atoms with Gasteiger partial charge in [0.1, 0.15) is 11.6 Å².